The maximum atomic E-state index is 11.9. The van der Waals surface area contributed by atoms with Gasteiger partial charge in [0.15, 0.2) is 0 Å². The molecular weight excluding hydrogens is 384 g/mol. The summed E-state index contributed by atoms with van der Waals surface area (Å²) in [6.45, 7) is 1.10. The van der Waals surface area contributed by atoms with E-state index >= 15 is 0 Å². The van der Waals surface area contributed by atoms with Gasteiger partial charge in [0.25, 0.3) is 5.22 Å². The van der Waals surface area contributed by atoms with Crippen LogP contribution in [0.15, 0.2) is 45.6 Å². The van der Waals surface area contributed by atoms with Crippen molar-refractivity contribution >= 4 is 35.0 Å². The molecule has 3 rings (SSSR count). The van der Waals surface area contributed by atoms with Crippen LogP contribution in [0, 0.1) is 0 Å². The van der Waals surface area contributed by atoms with E-state index < -0.39 is 0 Å². The number of allylic oxidation sites excluding steroid dienone is 1. The van der Waals surface area contributed by atoms with E-state index in [1.54, 1.807) is 0 Å². The molecule has 0 saturated carbocycles. The molecule has 0 aliphatic heterocycles. The van der Waals surface area contributed by atoms with Crippen molar-refractivity contribution < 1.29 is 9.21 Å². The number of benzene rings is 1. The molecule has 0 unspecified atom stereocenters. The third-order valence-corrected chi connectivity index (χ3v) is 5.29. The van der Waals surface area contributed by atoms with Gasteiger partial charge < -0.3 is 15.1 Å². The highest BCUT2D eigenvalue weighted by Crippen LogP contribution is 2.20. The minimum atomic E-state index is -0.0181. The molecule has 1 heterocycles. The second-order valence-electron chi connectivity index (χ2n) is 6.32. The first kappa shape index (κ1) is 19.8. The lowest BCUT2D eigenvalue weighted by Gasteiger charge is -2.12. The number of carbonyl (C=O) groups excluding carboxylic acids is 1. The molecular formula is C19H23ClN4O2S. The number of thioether (sulfide) groups is 1. The van der Waals surface area contributed by atoms with Gasteiger partial charge in [-0.25, -0.2) is 0 Å². The number of carbonyl (C=O) groups is 1. The highest BCUT2D eigenvalue weighted by atomic mass is 35.5. The predicted molar refractivity (Wildman–Crippen MR) is 108 cm³/mol. The Labute approximate surface area is 168 Å². The lowest BCUT2D eigenvalue weighted by Crippen LogP contribution is -2.26. The van der Waals surface area contributed by atoms with Gasteiger partial charge in [0, 0.05) is 17.3 Å². The van der Waals surface area contributed by atoms with Crippen LogP contribution in [0.25, 0.3) is 0 Å². The van der Waals surface area contributed by atoms with Crippen LogP contribution in [-0.4, -0.2) is 28.4 Å². The smallest absolute Gasteiger partial charge is 0.277 e. The number of hydrogen-bond donors (Lipinski definition) is 2. The molecule has 144 valence electrons. The van der Waals surface area contributed by atoms with Crippen molar-refractivity contribution in [3.8, 4) is 0 Å². The molecule has 2 aromatic rings. The summed E-state index contributed by atoms with van der Waals surface area (Å²) in [4.78, 5) is 11.9. The van der Waals surface area contributed by atoms with Gasteiger partial charge in [-0.15, -0.1) is 10.2 Å². The largest absolute Gasteiger partial charge is 0.414 e. The fraction of sp³-hybridized carbons (Fsp3) is 0.421. The number of hydrogen-bond acceptors (Lipinski definition) is 6. The number of aromatic nitrogens is 2. The van der Waals surface area contributed by atoms with Gasteiger partial charge in [-0.05, 0) is 56.4 Å². The molecule has 0 saturated heterocycles. The Morgan fingerprint density at radius 2 is 2.07 bits per heavy atom. The summed E-state index contributed by atoms with van der Waals surface area (Å²) in [5.41, 5.74) is 2.38. The number of nitrogens with one attached hydrogen (secondary N) is 2. The fourth-order valence-corrected chi connectivity index (χ4v) is 3.52. The molecule has 0 bridgehead atoms. The van der Waals surface area contributed by atoms with Crippen LogP contribution in [0.3, 0.4) is 0 Å². The SMILES string of the molecule is O=C(CSc1nnc(CNc2ccc(Cl)cc2)o1)NCCC1=CCCCC1. The molecule has 0 radical (unpaired) electrons. The number of rotatable bonds is 9. The molecule has 1 aromatic carbocycles. The first-order valence-electron chi connectivity index (χ1n) is 9.08. The Morgan fingerprint density at radius 1 is 1.22 bits per heavy atom. The molecule has 2 N–H and O–H groups in total. The molecule has 1 aliphatic rings. The first-order valence-corrected chi connectivity index (χ1v) is 10.4. The second-order valence-corrected chi connectivity index (χ2v) is 7.68. The number of amides is 1. The highest BCUT2D eigenvalue weighted by Gasteiger charge is 2.10. The van der Waals surface area contributed by atoms with Crippen molar-refractivity contribution in [2.45, 2.75) is 43.9 Å². The van der Waals surface area contributed by atoms with E-state index in [1.807, 2.05) is 24.3 Å². The Balaban J connectivity index is 1.34. The van der Waals surface area contributed by atoms with E-state index in [2.05, 4.69) is 26.9 Å². The average molecular weight is 407 g/mol. The van der Waals surface area contributed by atoms with Crippen LogP contribution < -0.4 is 10.6 Å². The van der Waals surface area contributed by atoms with Crippen LogP contribution in [-0.2, 0) is 11.3 Å². The quantitative estimate of drug-likeness (QED) is 0.473. The molecule has 8 heteroatoms. The van der Waals surface area contributed by atoms with Gasteiger partial charge in [-0.3, -0.25) is 4.79 Å². The van der Waals surface area contributed by atoms with Gasteiger partial charge in [0.05, 0.1) is 12.3 Å². The monoisotopic (exact) mass is 406 g/mol. The van der Waals surface area contributed by atoms with Crippen LogP contribution in [0.2, 0.25) is 5.02 Å². The average Bonchev–Trinajstić information content (AvgIpc) is 3.15. The van der Waals surface area contributed by atoms with E-state index in [-0.39, 0.29) is 11.7 Å². The van der Waals surface area contributed by atoms with E-state index in [1.165, 1.54) is 43.0 Å². The summed E-state index contributed by atoms with van der Waals surface area (Å²) in [7, 11) is 0. The van der Waals surface area contributed by atoms with Crippen molar-refractivity contribution in [2.24, 2.45) is 0 Å². The summed E-state index contributed by atoms with van der Waals surface area (Å²) in [5, 5.41) is 15.2. The number of anilines is 1. The van der Waals surface area contributed by atoms with E-state index in [0.717, 1.165) is 12.1 Å². The fourth-order valence-electron chi connectivity index (χ4n) is 2.79. The van der Waals surface area contributed by atoms with E-state index in [9.17, 15) is 4.79 Å². The zero-order valence-corrected chi connectivity index (χ0v) is 16.6. The van der Waals surface area contributed by atoms with Crippen molar-refractivity contribution in [3.05, 3.63) is 46.8 Å². The second kappa shape index (κ2) is 10.4. The van der Waals surface area contributed by atoms with Crippen molar-refractivity contribution in [2.75, 3.05) is 17.6 Å². The minimum Gasteiger partial charge on any atom is -0.414 e. The Hall–Kier alpha value is -1.99. The summed E-state index contributed by atoms with van der Waals surface area (Å²) in [5.74, 6) is 0.721. The third kappa shape index (κ3) is 6.92. The standard InChI is InChI=1S/C19H23ClN4O2S/c20-15-6-8-16(9-7-15)22-12-18-23-24-19(26-18)27-13-17(25)21-11-10-14-4-2-1-3-5-14/h4,6-9,22H,1-3,5,10-13H2,(H,21,25). The molecule has 1 amide bonds. The van der Waals surface area contributed by atoms with Gasteiger partial charge in [0.2, 0.25) is 11.8 Å². The molecule has 6 nitrogen and oxygen atoms in total. The topological polar surface area (TPSA) is 80.1 Å². The van der Waals surface area contributed by atoms with Crippen LogP contribution in [0.5, 0.6) is 0 Å². The Morgan fingerprint density at radius 3 is 2.85 bits per heavy atom. The van der Waals surface area contributed by atoms with Gasteiger partial charge in [-0.2, -0.15) is 0 Å². The molecule has 0 spiro atoms. The zero-order valence-electron chi connectivity index (χ0n) is 15.0. The van der Waals surface area contributed by atoms with Crippen LogP contribution >= 0.6 is 23.4 Å². The first-order chi connectivity index (χ1) is 13.2. The predicted octanol–water partition coefficient (Wildman–Crippen LogP) is 4.43. The Kier molecular flexibility index (Phi) is 7.59. The molecule has 0 fully saturated rings. The molecule has 0 atom stereocenters. The van der Waals surface area contributed by atoms with E-state index in [0.29, 0.717) is 29.2 Å². The molecule has 1 aliphatic carbocycles. The minimum absolute atomic E-state index is 0.0181. The maximum Gasteiger partial charge on any atom is 0.277 e. The molecule has 27 heavy (non-hydrogen) atoms. The van der Waals surface area contributed by atoms with E-state index in [4.69, 9.17) is 16.0 Å². The number of nitrogens with zero attached hydrogens (tertiary/aromatic N) is 2. The van der Waals surface area contributed by atoms with Gasteiger partial charge in [-0.1, -0.05) is 35.0 Å². The normalized spacial score (nSPS) is 13.9. The van der Waals surface area contributed by atoms with Crippen molar-refractivity contribution in [3.63, 3.8) is 0 Å². The summed E-state index contributed by atoms with van der Waals surface area (Å²) in [6, 6.07) is 7.37. The van der Waals surface area contributed by atoms with Crippen molar-refractivity contribution in [1.82, 2.24) is 15.5 Å². The lowest BCUT2D eigenvalue weighted by atomic mass is 9.97. The third-order valence-electron chi connectivity index (χ3n) is 4.22. The summed E-state index contributed by atoms with van der Waals surface area (Å²) in [6.07, 6.45) is 8.14. The van der Waals surface area contributed by atoms with Crippen LogP contribution in [0.4, 0.5) is 5.69 Å². The maximum absolute atomic E-state index is 11.9. The highest BCUT2D eigenvalue weighted by molar-refractivity contribution is 7.99. The number of halogens is 1. The lowest BCUT2D eigenvalue weighted by molar-refractivity contribution is -0.118. The summed E-state index contributed by atoms with van der Waals surface area (Å²) >= 11 is 7.10. The van der Waals surface area contributed by atoms with Crippen molar-refractivity contribution in [1.29, 1.82) is 0 Å². The zero-order chi connectivity index (χ0) is 18.9. The summed E-state index contributed by atoms with van der Waals surface area (Å²) < 4.78 is 5.54. The molecule has 1 aromatic heterocycles. The Bertz CT molecular complexity index is 776. The van der Waals surface area contributed by atoms with Gasteiger partial charge in [0.1, 0.15) is 0 Å². The van der Waals surface area contributed by atoms with Crippen LogP contribution in [0.1, 0.15) is 38.0 Å². The van der Waals surface area contributed by atoms with Gasteiger partial charge >= 0.3 is 0 Å².